The van der Waals surface area contributed by atoms with E-state index in [1.165, 1.54) is 0 Å². The summed E-state index contributed by atoms with van der Waals surface area (Å²) in [6, 6.07) is 18.2. The Morgan fingerprint density at radius 2 is 1.76 bits per heavy atom. The lowest BCUT2D eigenvalue weighted by molar-refractivity contribution is -0.115. The molecule has 6 heteroatoms. The summed E-state index contributed by atoms with van der Waals surface area (Å²) in [7, 11) is 0. The van der Waals surface area contributed by atoms with E-state index in [-0.39, 0.29) is 5.91 Å². The van der Waals surface area contributed by atoms with Gasteiger partial charge in [-0.25, -0.2) is 5.48 Å². The van der Waals surface area contributed by atoms with Gasteiger partial charge in [-0.15, -0.1) is 11.3 Å². The van der Waals surface area contributed by atoms with Crippen LogP contribution in [-0.4, -0.2) is 17.0 Å². The van der Waals surface area contributed by atoms with Crippen molar-refractivity contribution in [2.75, 3.05) is 5.32 Å². The molecule has 2 amide bonds. The van der Waals surface area contributed by atoms with Crippen molar-refractivity contribution in [3.05, 3.63) is 76.5 Å². The van der Waals surface area contributed by atoms with Crippen LogP contribution >= 0.6 is 11.3 Å². The predicted molar refractivity (Wildman–Crippen MR) is 97.8 cm³/mol. The fourth-order valence-electron chi connectivity index (χ4n) is 2.43. The molecule has 0 radical (unpaired) electrons. The van der Waals surface area contributed by atoms with E-state index in [0.29, 0.717) is 12.0 Å². The van der Waals surface area contributed by atoms with Crippen LogP contribution in [0.5, 0.6) is 0 Å². The molecule has 1 aromatic heterocycles. The van der Waals surface area contributed by atoms with Gasteiger partial charge in [0.15, 0.2) is 0 Å². The maximum absolute atomic E-state index is 12.1. The number of nitrogens with one attached hydrogen (secondary N) is 2. The van der Waals surface area contributed by atoms with Crippen molar-refractivity contribution in [1.82, 2.24) is 5.48 Å². The van der Waals surface area contributed by atoms with Gasteiger partial charge in [0.2, 0.25) is 5.91 Å². The number of rotatable bonds is 5. The number of hydrogen-bond donors (Lipinski definition) is 3. The monoisotopic (exact) mass is 352 g/mol. The first kappa shape index (κ1) is 16.9. The lowest BCUT2D eigenvalue weighted by atomic mass is 10.0. The van der Waals surface area contributed by atoms with Gasteiger partial charge < -0.3 is 5.32 Å². The molecule has 2 aromatic carbocycles. The molecule has 0 unspecified atom stereocenters. The molecule has 1 heterocycles. The lowest BCUT2D eigenvalue weighted by Gasteiger charge is -2.08. The summed E-state index contributed by atoms with van der Waals surface area (Å²) in [6.45, 7) is 0. The third kappa shape index (κ3) is 4.32. The second-order valence-corrected chi connectivity index (χ2v) is 6.44. The number of benzene rings is 2. The van der Waals surface area contributed by atoms with Gasteiger partial charge in [-0.1, -0.05) is 30.3 Å². The highest BCUT2D eigenvalue weighted by Crippen LogP contribution is 2.23. The van der Waals surface area contributed by atoms with E-state index in [2.05, 4.69) is 5.32 Å². The summed E-state index contributed by atoms with van der Waals surface area (Å²) in [5, 5.41) is 13.5. The zero-order chi connectivity index (χ0) is 17.6. The van der Waals surface area contributed by atoms with E-state index < -0.39 is 5.91 Å². The van der Waals surface area contributed by atoms with Crippen molar-refractivity contribution < 1.29 is 14.8 Å². The molecule has 25 heavy (non-hydrogen) atoms. The van der Waals surface area contributed by atoms with Crippen LogP contribution < -0.4 is 10.8 Å². The van der Waals surface area contributed by atoms with Gasteiger partial charge in [0, 0.05) is 16.1 Å². The largest absolute Gasteiger partial charge is 0.326 e. The summed E-state index contributed by atoms with van der Waals surface area (Å²) in [5.41, 5.74) is 4.52. The molecule has 3 N–H and O–H groups in total. The fourth-order valence-corrected chi connectivity index (χ4v) is 3.14. The molecule has 3 rings (SSSR count). The molecule has 3 aromatic rings. The number of carbonyl (C=O) groups is 2. The van der Waals surface area contributed by atoms with Crippen LogP contribution in [0.25, 0.3) is 11.1 Å². The zero-order valence-corrected chi connectivity index (χ0v) is 14.0. The summed E-state index contributed by atoms with van der Waals surface area (Å²) >= 11 is 1.56. The molecule has 5 nitrogen and oxygen atoms in total. The van der Waals surface area contributed by atoms with Crippen LogP contribution in [0.4, 0.5) is 5.69 Å². The Bertz CT molecular complexity index is 874. The molecule has 0 saturated heterocycles. The van der Waals surface area contributed by atoms with E-state index >= 15 is 0 Å². The van der Waals surface area contributed by atoms with Crippen LogP contribution in [0.1, 0.15) is 15.2 Å². The summed E-state index contributed by atoms with van der Waals surface area (Å²) in [5.74, 6) is -0.615. The van der Waals surface area contributed by atoms with Gasteiger partial charge in [0.05, 0.1) is 6.42 Å². The van der Waals surface area contributed by atoms with Gasteiger partial charge >= 0.3 is 0 Å². The quantitative estimate of drug-likeness (QED) is 0.484. The minimum Gasteiger partial charge on any atom is -0.326 e. The van der Waals surface area contributed by atoms with E-state index in [9.17, 15) is 9.59 Å². The number of carbonyl (C=O) groups excluding carboxylic acids is 2. The second-order valence-electron chi connectivity index (χ2n) is 5.40. The SMILES string of the molecule is O=C(Cc1cccs1)Nc1cccc(-c2ccc(C(=O)NO)cc2)c1. The molecule has 0 aliphatic carbocycles. The Hall–Kier alpha value is -2.96. The zero-order valence-electron chi connectivity index (χ0n) is 13.2. The standard InChI is InChI=1S/C19H16N2O3S/c22-18(12-17-5-2-10-25-17)20-16-4-1-3-15(11-16)13-6-8-14(9-7-13)19(23)21-24/h1-11,24H,12H2,(H,20,22)(H,21,23). The first-order chi connectivity index (χ1) is 12.2. The third-order valence-corrected chi connectivity index (χ3v) is 4.52. The minimum absolute atomic E-state index is 0.0606. The summed E-state index contributed by atoms with van der Waals surface area (Å²) in [6.07, 6.45) is 0.354. The summed E-state index contributed by atoms with van der Waals surface area (Å²) < 4.78 is 0. The Morgan fingerprint density at radius 1 is 0.960 bits per heavy atom. The van der Waals surface area contributed by atoms with Crippen molar-refractivity contribution in [3.8, 4) is 11.1 Å². The average molecular weight is 352 g/mol. The third-order valence-electron chi connectivity index (χ3n) is 3.64. The fraction of sp³-hybridized carbons (Fsp3) is 0.0526. The molecule has 0 fully saturated rings. The molecule has 0 aliphatic rings. The maximum atomic E-state index is 12.1. The first-order valence-corrected chi connectivity index (χ1v) is 8.51. The van der Waals surface area contributed by atoms with Crippen molar-refractivity contribution in [2.45, 2.75) is 6.42 Å². The predicted octanol–water partition coefficient (Wildman–Crippen LogP) is 3.72. The molecule has 0 saturated carbocycles. The van der Waals surface area contributed by atoms with Gasteiger partial charge in [-0.3, -0.25) is 14.8 Å². The number of hydroxylamine groups is 1. The van der Waals surface area contributed by atoms with E-state index in [1.54, 1.807) is 41.1 Å². The van der Waals surface area contributed by atoms with Crippen molar-refractivity contribution in [1.29, 1.82) is 0 Å². The van der Waals surface area contributed by atoms with Gasteiger partial charge in [0.1, 0.15) is 0 Å². The molecule has 126 valence electrons. The van der Waals surface area contributed by atoms with Crippen LogP contribution in [0.2, 0.25) is 0 Å². The number of anilines is 1. The second kappa shape index (κ2) is 7.74. The first-order valence-electron chi connectivity index (χ1n) is 7.63. The minimum atomic E-state index is -0.554. The van der Waals surface area contributed by atoms with E-state index in [1.807, 2.05) is 41.8 Å². The highest BCUT2D eigenvalue weighted by Gasteiger charge is 2.07. The topological polar surface area (TPSA) is 78.4 Å². The highest BCUT2D eigenvalue weighted by molar-refractivity contribution is 7.10. The van der Waals surface area contributed by atoms with Crippen molar-refractivity contribution in [2.24, 2.45) is 0 Å². The van der Waals surface area contributed by atoms with Crippen molar-refractivity contribution >= 4 is 28.8 Å². The van der Waals surface area contributed by atoms with Gasteiger partial charge in [0.25, 0.3) is 5.91 Å². The molecular formula is C19H16N2O3S. The average Bonchev–Trinajstić information content (AvgIpc) is 3.14. The maximum Gasteiger partial charge on any atom is 0.274 e. The molecular weight excluding hydrogens is 336 g/mol. The lowest BCUT2D eigenvalue weighted by Crippen LogP contribution is -2.18. The molecule has 0 atom stereocenters. The van der Waals surface area contributed by atoms with E-state index in [0.717, 1.165) is 21.7 Å². The number of thiophene rings is 1. The van der Waals surface area contributed by atoms with Crippen LogP contribution in [-0.2, 0) is 11.2 Å². The number of hydrogen-bond acceptors (Lipinski definition) is 4. The van der Waals surface area contributed by atoms with Gasteiger partial charge in [-0.2, -0.15) is 0 Å². The van der Waals surface area contributed by atoms with Gasteiger partial charge in [-0.05, 0) is 46.8 Å². The normalized spacial score (nSPS) is 10.3. The van der Waals surface area contributed by atoms with Crippen LogP contribution in [0, 0.1) is 0 Å². The molecule has 0 aliphatic heterocycles. The highest BCUT2D eigenvalue weighted by atomic mass is 32.1. The Balaban J connectivity index is 1.72. The van der Waals surface area contributed by atoms with E-state index in [4.69, 9.17) is 5.21 Å². The van der Waals surface area contributed by atoms with Crippen LogP contribution in [0.3, 0.4) is 0 Å². The van der Waals surface area contributed by atoms with Crippen LogP contribution in [0.15, 0.2) is 66.0 Å². The summed E-state index contributed by atoms with van der Waals surface area (Å²) in [4.78, 5) is 24.5. The molecule has 0 bridgehead atoms. The Morgan fingerprint density at radius 3 is 2.44 bits per heavy atom. The van der Waals surface area contributed by atoms with Crippen molar-refractivity contribution in [3.63, 3.8) is 0 Å². The molecule has 0 spiro atoms. The Labute approximate surface area is 148 Å². The smallest absolute Gasteiger partial charge is 0.274 e. The number of amides is 2. The Kier molecular flexibility index (Phi) is 5.23.